The first kappa shape index (κ1) is 11.7. The SMILES string of the molecule is CC(C)OC(=O)C(O)Cc1ccccc1. The zero-order valence-corrected chi connectivity index (χ0v) is 9.01. The van der Waals surface area contributed by atoms with Gasteiger partial charge < -0.3 is 9.84 Å². The van der Waals surface area contributed by atoms with Crippen LogP contribution in [-0.4, -0.2) is 23.3 Å². The number of benzene rings is 1. The van der Waals surface area contributed by atoms with Crippen molar-refractivity contribution >= 4 is 5.97 Å². The van der Waals surface area contributed by atoms with Gasteiger partial charge in [0.2, 0.25) is 0 Å². The van der Waals surface area contributed by atoms with E-state index in [0.717, 1.165) is 5.56 Å². The van der Waals surface area contributed by atoms with Crippen molar-refractivity contribution in [2.45, 2.75) is 32.5 Å². The van der Waals surface area contributed by atoms with Gasteiger partial charge in [-0.15, -0.1) is 0 Å². The first-order valence-electron chi connectivity index (χ1n) is 5.02. The third-order valence-corrected chi connectivity index (χ3v) is 1.90. The number of hydrogen-bond acceptors (Lipinski definition) is 3. The predicted octanol–water partition coefficient (Wildman–Crippen LogP) is 1.54. The summed E-state index contributed by atoms with van der Waals surface area (Å²) in [5.41, 5.74) is 0.922. The van der Waals surface area contributed by atoms with Crippen LogP contribution in [0.25, 0.3) is 0 Å². The van der Waals surface area contributed by atoms with Gasteiger partial charge in [-0.25, -0.2) is 4.79 Å². The molecule has 0 aromatic heterocycles. The Morgan fingerprint density at radius 3 is 2.47 bits per heavy atom. The highest BCUT2D eigenvalue weighted by atomic mass is 16.6. The van der Waals surface area contributed by atoms with E-state index < -0.39 is 12.1 Å². The molecule has 0 heterocycles. The molecule has 1 N–H and O–H groups in total. The fourth-order valence-corrected chi connectivity index (χ4v) is 1.23. The van der Waals surface area contributed by atoms with E-state index in [1.54, 1.807) is 13.8 Å². The molecule has 0 aliphatic rings. The zero-order valence-electron chi connectivity index (χ0n) is 9.01. The molecule has 0 aliphatic heterocycles. The summed E-state index contributed by atoms with van der Waals surface area (Å²) in [6.07, 6.45) is -0.968. The fourth-order valence-electron chi connectivity index (χ4n) is 1.23. The monoisotopic (exact) mass is 208 g/mol. The van der Waals surface area contributed by atoms with E-state index in [9.17, 15) is 9.90 Å². The van der Waals surface area contributed by atoms with E-state index in [0.29, 0.717) is 6.42 Å². The molecule has 1 rings (SSSR count). The van der Waals surface area contributed by atoms with Gasteiger partial charge in [-0.2, -0.15) is 0 Å². The first-order valence-corrected chi connectivity index (χ1v) is 5.02. The molecule has 82 valence electrons. The van der Waals surface area contributed by atoms with Gasteiger partial charge >= 0.3 is 5.97 Å². The second-order valence-electron chi connectivity index (χ2n) is 3.69. The number of hydrogen-bond donors (Lipinski definition) is 1. The predicted molar refractivity (Wildman–Crippen MR) is 57.4 cm³/mol. The van der Waals surface area contributed by atoms with Crippen LogP contribution in [0.5, 0.6) is 0 Å². The number of rotatable bonds is 4. The Morgan fingerprint density at radius 1 is 1.33 bits per heavy atom. The van der Waals surface area contributed by atoms with Gasteiger partial charge in [0.25, 0.3) is 0 Å². The lowest BCUT2D eigenvalue weighted by molar-refractivity contribution is -0.157. The van der Waals surface area contributed by atoms with Crippen LogP contribution in [0.4, 0.5) is 0 Å². The van der Waals surface area contributed by atoms with Gasteiger partial charge in [0.15, 0.2) is 6.10 Å². The summed E-state index contributed by atoms with van der Waals surface area (Å²) in [5, 5.41) is 9.55. The molecule has 0 bridgehead atoms. The van der Waals surface area contributed by atoms with Gasteiger partial charge in [0, 0.05) is 6.42 Å². The molecule has 0 spiro atoms. The molecule has 3 nitrogen and oxygen atoms in total. The summed E-state index contributed by atoms with van der Waals surface area (Å²) in [4.78, 5) is 11.3. The van der Waals surface area contributed by atoms with Crippen LogP contribution in [0.2, 0.25) is 0 Å². The third kappa shape index (κ3) is 4.13. The lowest BCUT2D eigenvalue weighted by atomic mass is 10.1. The Labute approximate surface area is 89.7 Å². The highest BCUT2D eigenvalue weighted by Gasteiger charge is 2.17. The van der Waals surface area contributed by atoms with Gasteiger partial charge in [-0.1, -0.05) is 30.3 Å². The van der Waals surface area contributed by atoms with Crippen molar-refractivity contribution in [3.63, 3.8) is 0 Å². The number of ether oxygens (including phenoxy) is 1. The van der Waals surface area contributed by atoms with E-state index in [-0.39, 0.29) is 6.10 Å². The minimum absolute atomic E-state index is 0.192. The average molecular weight is 208 g/mol. The Kier molecular flexibility index (Phi) is 4.31. The molecule has 15 heavy (non-hydrogen) atoms. The summed E-state index contributed by atoms with van der Waals surface area (Å²) >= 11 is 0. The largest absolute Gasteiger partial charge is 0.461 e. The normalized spacial score (nSPS) is 12.5. The molecule has 0 fully saturated rings. The molecular formula is C12H16O3. The van der Waals surface area contributed by atoms with E-state index in [1.807, 2.05) is 30.3 Å². The maximum atomic E-state index is 11.3. The molecule has 0 aliphatic carbocycles. The third-order valence-electron chi connectivity index (χ3n) is 1.90. The first-order chi connectivity index (χ1) is 7.09. The minimum atomic E-state index is -1.07. The lowest BCUT2D eigenvalue weighted by Gasteiger charge is -2.12. The van der Waals surface area contributed by atoms with Gasteiger partial charge in [0.05, 0.1) is 6.10 Å². The minimum Gasteiger partial charge on any atom is -0.461 e. The highest BCUT2D eigenvalue weighted by Crippen LogP contribution is 2.05. The molecule has 1 aromatic rings. The standard InChI is InChI=1S/C12H16O3/c1-9(2)15-12(14)11(13)8-10-6-4-3-5-7-10/h3-7,9,11,13H,8H2,1-2H3. The lowest BCUT2D eigenvalue weighted by Crippen LogP contribution is -2.27. The maximum absolute atomic E-state index is 11.3. The van der Waals surface area contributed by atoms with E-state index in [1.165, 1.54) is 0 Å². The Morgan fingerprint density at radius 2 is 1.93 bits per heavy atom. The molecule has 0 saturated heterocycles. The van der Waals surface area contributed by atoms with Gasteiger partial charge in [-0.3, -0.25) is 0 Å². The summed E-state index contributed by atoms with van der Waals surface area (Å²) in [7, 11) is 0. The van der Waals surface area contributed by atoms with Crippen molar-refractivity contribution < 1.29 is 14.6 Å². The van der Waals surface area contributed by atoms with E-state index >= 15 is 0 Å². The molecular weight excluding hydrogens is 192 g/mol. The van der Waals surface area contributed by atoms with Crippen molar-refractivity contribution in [1.29, 1.82) is 0 Å². The summed E-state index contributed by atoms with van der Waals surface area (Å²) in [6, 6.07) is 9.37. The number of aliphatic hydroxyl groups excluding tert-OH is 1. The van der Waals surface area contributed by atoms with Crippen LogP contribution in [0, 0.1) is 0 Å². The Hall–Kier alpha value is -1.35. The molecule has 1 aromatic carbocycles. The van der Waals surface area contributed by atoms with Crippen LogP contribution in [0.3, 0.4) is 0 Å². The smallest absolute Gasteiger partial charge is 0.335 e. The topological polar surface area (TPSA) is 46.5 Å². The quantitative estimate of drug-likeness (QED) is 0.763. The number of aliphatic hydroxyl groups is 1. The Balaban J connectivity index is 2.49. The highest BCUT2D eigenvalue weighted by molar-refractivity contribution is 5.74. The summed E-state index contributed by atoms with van der Waals surface area (Å²) < 4.78 is 4.90. The van der Waals surface area contributed by atoms with E-state index in [2.05, 4.69) is 0 Å². The van der Waals surface area contributed by atoms with Crippen molar-refractivity contribution in [3.05, 3.63) is 35.9 Å². The zero-order chi connectivity index (χ0) is 11.3. The van der Waals surface area contributed by atoms with Gasteiger partial charge in [-0.05, 0) is 19.4 Å². The van der Waals surface area contributed by atoms with Crippen molar-refractivity contribution in [2.75, 3.05) is 0 Å². The van der Waals surface area contributed by atoms with Crippen LogP contribution in [0.15, 0.2) is 30.3 Å². The molecule has 1 unspecified atom stereocenters. The fraction of sp³-hybridized carbons (Fsp3) is 0.417. The molecule has 0 saturated carbocycles. The molecule has 0 radical (unpaired) electrons. The van der Waals surface area contributed by atoms with Crippen LogP contribution in [0.1, 0.15) is 19.4 Å². The summed E-state index contributed by atoms with van der Waals surface area (Å²) in [6.45, 7) is 3.51. The van der Waals surface area contributed by atoms with Crippen molar-refractivity contribution in [2.24, 2.45) is 0 Å². The number of carbonyl (C=O) groups excluding carboxylic acids is 1. The Bertz CT molecular complexity index is 306. The molecule has 3 heteroatoms. The molecule has 1 atom stereocenters. The van der Waals surface area contributed by atoms with Crippen LogP contribution >= 0.6 is 0 Å². The van der Waals surface area contributed by atoms with Crippen molar-refractivity contribution in [3.8, 4) is 0 Å². The second-order valence-corrected chi connectivity index (χ2v) is 3.69. The molecule has 0 amide bonds. The number of esters is 1. The summed E-state index contributed by atoms with van der Waals surface area (Å²) in [5.74, 6) is -0.561. The second kappa shape index (κ2) is 5.51. The van der Waals surface area contributed by atoms with Crippen LogP contribution < -0.4 is 0 Å². The average Bonchev–Trinajstić information content (AvgIpc) is 2.18. The van der Waals surface area contributed by atoms with E-state index in [4.69, 9.17) is 4.74 Å². The van der Waals surface area contributed by atoms with Gasteiger partial charge in [0.1, 0.15) is 0 Å². The van der Waals surface area contributed by atoms with Crippen LogP contribution in [-0.2, 0) is 16.0 Å². The maximum Gasteiger partial charge on any atom is 0.335 e. The number of carbonyl (C=O) groups is 1. The van der Waals surface area contributed by atoms with Crippen molar-refractivity contribution in [1.82, 2.24) is 0 Å².